The molecule has 0 radical (unpaired) electrons. The molecule has 204 valence electrons. The van der Waals surface area contributed by atoms with E-state index < -0.39 is 0 Å². The lowest BCUT2D eigenvalue weighted by Gasteiger charge is -2.24. The number of anilines is 1. The molecule has 0 atom stereocenters. The van der Waals surface area contributed by atoms with Gasteiger partial charge in [0, 0.05) is 13.0 Å². The van der Waals surface area contributed by atoms with E-state index in [2.05, 4.69) is 15.5 Å². The Morgan fingerprint density at radius 2 is 2.00 bits per heavy atom. The van der Waals surface area contributed by atoms with Crippen LogP contribution in [0.3, 0.4) is 0 Å². The standard InChI is InChI=1S/C27H34N4O4S3/c1-3-24-29-30-26(38-24)28-23(32)12-8-5-9-15-31-25(33)22(37-27(31)36)17-18-13-14-20(21(16-18)34-2)35-19-10-6-4-7-11-19/h13-14,16-17,19H,3-12,15H2,1-2H3,(H,28,30,32)/b22-17-. The molecule has 0 bridgehead atoms. The molecule has 1 aromatic heterocycles. The lowest BCUT2D eigenvalue weighted by Crippen LogP contribution is -2.29. The van der Waals surface area contributed by atoms with Crippen LogP contribution in [0.5, 0.6) is 11.5 Å². The molecule has 11 heteroatoms. The molecule has 38 heavy (non-hydrogen) atoms. The van der Waals surface area contributed by atoms with Crippen LogP contribution in [-0.2, 0) is 16.0 Å². The lowest BCUT2D eigenvalue weighted by atomic mass is 9.98. The predicted molar refractivity (Wildman–Crippen MR) is 157 cm³/mol. The van der Waals surface area contributed by atoms with E-state index in [0.717, 1.165) is 54.8 Å². The molecule has 1 saturated carbocycles. The summed E-state index contributed by atoms with van der Waals surface area (Å²) in [6.45, 7) is 2.54. The summed E-state index contributed by atoms with van der Waals surface area (Å²) in [6.07, 6.45) is 11.4. The third-order valence-electron chi connectivity index (χ3n) is 6.51. The van der Waals surface area contributed by atoms with E-state index in [-0.39, 0.29) is 17.9 Å². The number of hydrogen-bond acceptors (Lipinski definition) is 9. The van der Waals surface area contributed by atoms with E-state index in [1.54, 1.807) is 12.0 Å². The fourth-order valence-electron chi connectivity index (χ4n) is 4.44. The Morgan fingerprint density at radius 3 is 2.74 bits per heavy atom. The van der Waals surface area contributed by atoms with Crippen molar-refractivity contribution < 1.29 is 19.1 Å². The van der Waals surface area contributed by atoms with Gasteiger partial charge in [0.2, 0.25) is 11.0 Å². The molecule has 1 saturated heterocycles. The number of nitrogens with one attached hydrogen (secondary N) is 1. The van der Waals surface area contributed by atoms with Gasteiger partial charge in [-0.1, -0.05) is 61.1 Å². The number of rotatable bonds is 12. The number of methoxy groups -OCH3 is 1. The number of thiocarbonyl (C=S) groups is 1. The summed E-state index contributed by atoms with van der Waals surface area (Å²) < 4.78 is 12.3. The molecule has 2 aliphatic rings. The van der Waals surface area contributed by atoms with E-state index in [0.29, 0.717) is 33.1 Å². The fraction of sp³-hybridized carbons (Fsp3) is 0.519. The number of hydrogen-bond donors (Lipinski definition) is 1. The van der Waals surface area contributed by atoms with Crippen molar-refractivity contribution in [3.63, 3.8) is 0 Å². The van der Waals surface area contributed by atoms with Gasteiger partial charge in [0.25, 0.3) is 5.91 Å². The fourth-order valence-corrected chi connectivity index (χ4v) is 6.44. The van der Waals surface area contributed by atoms with Crippen molar-refractivity contribution in [1.29, 1.82) is 0 Å². The molecule has 8 nitrogen and oxygen atoms in total. The van der Waals surface area contributed by atoms with Gasteiger partial charge in [-0.2, -0.15) is 0 Å². The van der Waals surface area contributed by atoms with E-state index in [4.69, 9.17) is 21.7 Å². The van der Waals surface area contributed by atoms with Gasteiger partial charge < -0.3 is 14.8 Å². The summed E-state index contributed by atoms with van der Waals surface area (Å²) in [6, 6.07) is 5.77. The maximum absolute atomic E-state index is 13.0. The molecule has 2 amide bonds. The van der Waals surface area contributed by atoms with Crippen molar-refractivity contribution in [1.82, 2.24) is 15.1 Å². The number of aromatic nitrogens is 2. The van der Waals surface area contributed by atoms with E-state index >= 15 is 0 Å². The first-order chi connectivity index (χ1) is 18.5. The number of thioether (sulfide) groups is 1. The maximum Gasteiger partial charge on any atom is 0.266 e. The predicted octanol–water partition coefficient (Wildman–Crippen LogP) is 6.22. The molecule has 2 fully saturated rings. The zero-order valence-electron chi connectivity index (χ0n) is 21.9. The van der Waals surface area contributed by atoms with Gasteiger partial charge in [0.1, 0.15) is 9.33 Å². The Morgan fingerprint density at radius 1 is 1.18 bits per heavy atom. The first-order valence-corrected chi connectivity index (χ1v) is 15.2. The van der Waals surface area contributed by atoms with Gasteiger partial charge in [-0.15, -0.1) is 10.2 Å². The van der Waals surface area contributed by atoms with Crippen LogP contribution in [0.2, 0.25) is 0 Å². The number of nitrogens with zero attached hydrogens (tertiary/aromatic N) is 3. The maximum atomic E-state index is 13.0. The van der Waals surface area contributed by atoms with E-state index in [1.807, 2.05) is 31.2 Å². The normalized spacial score (nSPS) is 17.3. The second-order valence-electron chi connectivity index (χ2n) is 9.33. The van der Waals surface area contributed by atoms with Crippen LogP contribution < -0.4 is 14.8 Å². The van der Waals surface area contributed by atoms with Crippen molar-refractivity contribution >= 4 is 62.7 Å². The number of carbonyl (C=O) groups excluding carboxylic acids is 2. The Labute approximate surface area is 237 Å². The van der Waals surface area contributed by atoms with Gasteiger partial charge in [-0.3, -0.25) is 14.5 Å². The largest absolute Gasteiger partial charge is 0.493 e. The lowest BCUT2D eigenvalue weighted by molar-refractivity contribution is -0.122. The number of benzene rings is 1. The summed E-state index contributed by atoms with van der Waals surface area (Å²) in [4.78, 5) is 27.4. The molecule has 1 N–H and O–H groups in total. The zero-order chi connectivity index (χ0) is 26.9. The van der Waals surface area contributed by atoms with Crippen LogP contribution in [0.1, 0.15) is 75.3 Å². The van der Waals surface area contributed by atoms with Crippen molar-refractivity contribution in [3.8, 4) is 11.5 Å². The van der Waals surface area contributed by atoms with Crippen LogP contribution in [0.4, 0.5) is 5.13 Å². The number of carbonyl (C=O) groups is 2. The second-order valence-corrected chi connectivity index (χ2v) is 12.1. The molecular formula is C27H34N4O4S3. The Balaban J connectivity index is 1.24. The SMILES string of the molecule is CCc1nnc(NC(=O)CCCCCN2C(=O)/C(=C/c3ccc(OC4CCCCC4)c(OC)c3)SC2=S)s1. The van der Waals surface area contributed by atoms with Crippen LogP contribution in [0.25, 0.3) is 6.08 Å². The van der Waals surface area contributed by atoms with Gasteiger partial charge >= 0.3 is 0 Å². The molecule has 2 aromatic rings. The summed E-state index contributed by atoms with van der Waals surface area (Å²) in [5, 5.41) is 12.2. The minimum absolute atomic E-state index is 0.0667. The summed E-state index contributed by atoms with van der Waals surface area (Å²) in [7, 11) is 1.63. The van der Waals surface area contributed by atoms with E-state index in [1.165, 1.54) is 42.4 Å². The van der Waals surface area contributed by atoms with Crippen LogP contribution in [0, 0.1) is 0 Å². The van der Waals surface area contributed by atoms with Gasteiger partial charge in [-0.05, 0) is 68.7 Å². The Bertz CT molecular complexity index is 1180. The quantitative estimate of drug-likeness (QED) is 0.181. The minimum Gasteiger partial charge on any atom is -0.493 e. The second kappa shape index (κ2) is 14.0. The molecular weight excluding hydrogens is 541 g/mol. The average Bonchev–Trinajstić information content (AvgIpc) is 3.48. The van der Waals surface area contributed by atoms with Crippen LogP contribution >= 0.6 is 35.3 Å². The monoisotopic (exact) mass is 574 g/mol. The molecule has 1 aliphatic carbocycles. The minimum atomic E-state index is -0.0813. The van der Waals surface area contributed by atoms with Crippen molar-refractivity contribution in [3.05, 3.63) is 33.7 Å². The molecule has 1 aromatic carbocycles. The first kappa shape index (κ1) is 28.5. The third-order valence-corrected chi connectivity index (χ3v) is 8.87. The van der Waals surface area contributed by atoms with Crippen LogP contribution in [0.15, 0.2) is 23.1 Å². The number of aryl methyl sites for hydroxylation is 1. The highest BCUT2D eigenvalue weighted by Crippen LogP contribution is 2.36. The average molecular weight is 575 g/mol. The van der Waals surface area contributed by atoms with Gasteiger partial charge in [0.15, 0.2) is 11.5 Å². The third kappa shape index (κ3) is 7.77. The van der Waals surface area contributed by atoms with Crippen molar-refractivity contribution in [2.45, 2.75) is 77.2 Å². The first-order valence-electron chi connectivity index (χ1n) is 13.2. The van der Waals surface area contributed by atoms with Crippen LogP contribution in [-0.4, -0.2) is 51.0 Å². The topological polar surface area (TPSA) is 93.7 Å². The zero-order valence-corrected chi connectivity index (χ0v) is 24.3. The molecule has 2 heterocycles. The Kier molecular flexibility index (Phi) is 10.5. The van der Waals surface area contributed by atoms with Gasteiger partial charge in [-0.25, -0.2) is 0 Å². The summed E-state index contributed by atoms with van der Waals surface area (Å²) in [5.74, 6) is 1.26. The molecule has 0 unspecified atom stereocenters. The Hall–Kier alpha value is -2.50. The highest BCUT2D eigenvalue weighted by atomic mass is 32.2. The molecule has 0 spiro atoms. The summed E-state index contributed by atoms with van der Waals surface area (Å²) >= 11 is 8.20. The molecule has 1 aliphatic heterocycles. The highest BCUT2D eigenvalue weighted by molar-refractivity contribution is 8.26. The van der Waals surface area contributed by atoms with Crippen molar-refractivity contribution in [2.24, 2.45) is 0 Å². The number of amides is 2. The number of unbranched alkanes of at least 4 members (excludes halogenated alkanes) is 2. The van der Waals surface area contributed by atoms with E-state index in [9.17, 15) is 9.59 Å². The summed E-state index contributed by atoms with van der Waals surface area (Å²) in [5.41, 5.74) is 0.867. The highest BCUT2D eigenvalue weighted by Gasteiger charge is 2.31. The van der Waals surface area contributed by atoms with Crippen molar-refractivity contribution in [2.75, 3.05) is 19.0 Å². The number of ether oxygens (including phenoxy) is 2. The smallest absolute Gasteiger partial charge is 0.266 e. The molecule has 4 rings (SSSR count). The van der Waals surface area contributed by atoms with Gasteiger partial charge in [0.05, 0.1) is 18.1 Å².